The van der Waals surface area contributed by atoms with Gasteiger partial charge >= 0.3 is 0 Å². The molecule has 7 heteroatoms. The minimum absolute atomic E-state index is 0.0147. The number of rotatable bonds is 5. The summed E-state index contributed by atoms with van der Waals surface area (Å²) >= 11 is 6.46. The van der Waals surface area contributed by atoms with E-state index in [0.717, 1.165) is 16.5 Å². The molecule has 0 bridgehead atoms. The molecule has 1 aliphatic rings. The highest BCUT2D eigenvalue weighted by atomic mass is 32.2. The van der Waals surface area contributed by atoms with Crippen LogP contribution in [0.5, 0.6) is 0 Å². The lowest BCUT2D eigenvalue weighted by molar-refractivity contribution is -0.125. The van der Waals surface area contributed by atoms with Gasteiger partial charge in [-0.2, -0.15) is 0 Å². The second-order valence-corrected chi connectivity index (χ2v) is 6.60. The lowest BCUT2D eigenvalue weighted by Crippen LogP contribution is -2.37. The monoisotopic (exact) mass is 333 g/mol. The Hall–Kier alpha value is -1.86. The first-order valence-electron chi connectivity index (χ1n) is 6.94. The van der Waals surface area contributed by atoms with Crippen molar-refractivity contribution in [1.82, 2.24) is 15.2 Å². The number of para-hydroxylation sites is 1. The van der Waals surface area contributed by atoms with E-state index in [1.54, 1.807) is 4.90 Å². The van der Waals surface area contributed by atoms with E-state index in [1.165, 1.54) is 11.8 Å². The fraction of sp³-hybridized carbons (Fsp3) is 0.267. The average molecular weight is 333 g/mol. The van der Waals surface area contributed by atoms with E-state index in [4.69, 9.17) is 12.2 Å². The largest absolute Gasteiger partial charge is 0.361 e. The summed E-state index contributed by atoms with van der Waals surface area (Å²) in [6, 6.07) is 7.88. The summed E-state index contributed by atoms with van der Waals surface area (Å²) in [5, 5.41) is 3.90. The normalized spacial score (nSPS) is 14.8. The van der Waals surface area contributed by atoms with Crippen molar-refractivity contribution < 1.29 is 9.59 Å². The Balaban J connectivity index is 1.52. The molecule has 3 rings (SSSR count). The van der Waals surface area contributed by atoms with E-state index >= 15 is 0 Å². The van der Waals surface area contributed by atoms with Gasteiger partial charge in [-0.05, 0) is 11.6 Å². The van der Waals surface area contributed by atoms with Crippen molar-refractivity contribution in [3.63, 3.8) is 0 Å². The van der Waals surface area contributed by atoms with E-state index in [0.29, 0.717) is 29.6 Å². The smallest absolute Gasteiger partial charge is 0.238 e. The SMILES string of the molecule is O=C(Cc1c[nH]c2ccccc12)NCCN1C(=O)CSC1=S. The van der Waals surface area contributed by atoms with Gasteiger partial charge in [0, 0.05) is 30.2 Å². The first-order chi connectivity index (χ1) is 10.6. The molecule has 0 aliphatic carbocycles. The molecule has 0 atom stereocenters. The highest BCUT2D eigenvalue weighted by Crippen LogP contribution is 2.19. The van der Waals surface area contributed by atoms with Crippen molar-refractivity contribution in [3.8, 4) is 0 Å². The van der Waals surface area contributed by atoms with Crippen molar-refractivity contribution in [1.29, 1.82) is 0 Å². The highest BCUT2D eigenvalue weighted by Gasteiger charge is 2.25. The average Bonchev–Trinajstić information content (AvgIpc) is 3.05. The number of nitrogens with one attached hydrogen (secondary N) is 2. The van der Waals surface area contributed by atoms with Crippen molar-refractivity contribution in [2.75, 3.05) is 18.8 Å². The van der Waals surface area contributed by atoms with Crippen LogP contribution in [0.2, 0.25) is 0 Å². The maximum absolute atomic E-state index is 12.0. The van der Waals surface area contributed by atoms with Gasteiger partial charge in [-0.25, -0.2) is 0 Å². The number of carbonyl (C=O) groups excluding carboxylic acids is 2. The van der Waals surface area contributed by atoms with Crippen LogP contribution in [0.25, 0.3) is 10.9 Å². The van der Waals surface area contributed by atoms with Gasteiger partial charge in [0.15, 0.2) is 0 Å². The number of thioether (sulfide) groups is 1. The van der Waals surface area contributed by atoms with E-state index in [-0.39, 0.29) is 11.8 Å². The molecule has 0 unspecified atom stereocenters. The number of H-pyrrole nitrogens is 1. The third-order valence-electron chi connectivity index (χ3n) is 3.52. The summed E-state index contributed by atoms with van der Waals surface area (Å²) < 4.78 is 0.593. The summed E-state index contributed by atoms with van der Waals surface area (Å²) in [7, 11) is 0. The molecule has 0 radical (unpaired) electrons. The van der Waals surface area contributed by atoms with Crippen molar-refractivity contribution in [2.24, 2.45) is 0 Å². The molecular formula is C15H15N3O2S2. The topological polar surface area (TPSA) is 65.2 Å². The van der Waals surface area contributed by atoms with Gasteiger partial charge in [0.05, 0.1) is 12.2 Å². The number of hydrogen-bond acceptors (Lipinski definition) is 4. The van der Waals surface area contributed by atoms with Crippen molar-refractivity contribution in [3.05, 3.63) is 36.0 Å². The first kappa shape index (κ1) is 15.1. The molecule has 0 saturated carbocycles. The van der Waals surface area contributed by atoms with Gasteiger partial charge in [0.2, 0.25) is 11.8 Å². The van der Waals surface area contributed by atoms with Crippen LogP contribution in [-0.2, 0) is 16.0 Å². The van der Waals surface area contributed by atoms with Crippen LogP contribution in [0.1, 0.15) is 5.56 Å². The molecular weight excluding hydrogens is 318 g/mol. The zero-order valence-electron chi connectivity index (χ0n) is 11.8. The number of aromatic amines is 1. The molecule has 2 N–H and O–H groups in total. The van der Waals surface area contributed by atoms with Crippen LogP contribution in [0.4, 0.5) is 0 Å². The van der Waals surface area contributed by atoms with Gasteiger partial charge in [-0.15, -0.1) is 0 Å². The Morgan fingerprint density at radius 2 is 2.23 bits per heavy atom. The molecule has 114 valence electrons. The zero-order valence-corrected chi connectivity index (χ0v) is 13.4. The second kappa shape index (κ2) is 6.50. The fourth-order valence-corrected chi connectivity index (χ4v) is 3.54. The number of aromatic nitrogens is 1. The second-order valence-electron chi connectivity index (χ2n) is 4.99. The van der Waals surface area contributed by atoms with E-state index in [9.17, 15) is 9.59 Å². The number of nitrogens with zero attached hydrogens (tertiary/aromatic N) is 1. The zero-order chi connectivity index (χ0) is 15.5. The molecule has 1 aromatic carbocycles. The molecule has 1 saturated heterocycles. The van der Waals surface area contributed by atoms with Crippen LogP contribution in [0.3, 0.4) is 0 Å². The Morgan fingerprint density at radius 3 is 3.00 bits per heavy atom. The van der Waals surface area contributed by atoms with Crippen molar-refractivity contribution in [2.45, 2.75) is 6.42 Å². The van der Waals surface area contributed by atoms with Gasteiger partial charge < -0.3 is 10.3 Å². The van der Waals surface area contributed by atoms with Crippen LogP contribution in [0, 0.1) is 0 Å². The standard InChI is InChI=1S/C15H15N3O2S2/c19-13(16-5-6-18-14(20)9-22-15(18)21)7-10-8-17-12-4-2-1-3-11(10)12/h1-4,8,17H,5-7,9H2,(H,16,19). The molecule has 5 nitrogen and oxygen atoms in total. The van der Waals surface area contributed by atoms with E-state index < -0.39 is 0 Å². The van der Waals surface area contributed by atoms with Gasteiger partial charge in [0.25, 0.3) is 0 Å². The molecule has 1 aromatic heterocycles. The Labute approximate surface area is 137 Å². The van der Waals surface area contributed by atoms with Crippen molar-refractivity contribution >= 4 is 51.0 Å². The summed E-state index contributed by atoms with van der Waals surface area (Å²) in [4.78, 5) is 28.3. The molecule has 22 heavy (non-hydrogen) atoms. The Morgan fingerprint density at radius 1 is 1.41 bits per heavy atom. The van der Waals surface area contributed by atoms with E-state index in [2.05, 4.69) is 10.3 Å². The lowest BCUT2D eigenvalue weighted by atomic mass is 10.1. The van der Waals surface area contributed by atoms with Gasteiger partial charge in [-0.1, -0.05) is 42.2 Å². The number of amides is 2. The minimum atomic E-state index is -0.0602. The number of benzene rings is 1. The maximum atomic E-state index is 12.0. The summed E-state index contributed by atoms with van der Waals surface area (Å²) in [5.41, 5.74) is 1.99. The predicted octanol–water partition coefficient (Wildman–Crippen LogP) is 1.69. The molecule has 1 fully saturated rings. The summed E-state index contributed by atoms with van der Waals surface area (Å²) in [5.74, 6) is 0.359. The summed E-state index contributed by atoms with van der Waals surface area (Å²) in [6.45, 7) is 0.845. The van der Waals surface area contributed by atoms with Gasteiger partial charge in [0.1, 0.15) is 4.32 Å². The highest BCUT2D eigenvalue weighted by molar-refractivity contribution is 8.23. The van der Waals surface area contributed by atoms with Gasteiger partial charge in [-0.3, -0.25) is 14.5 Å². The molecule has 2 heterocycles. The quantitative estimate of drug-likeness (QED) is 0.817. The third-order valence-corrected chi connectivity index (χ3v) is 4.96. The van der Waals surface area contributed by atoms with Crippen LogP contribution >= 0.6 is 24.0 Å². The third kappa shape index (κ3) is 3.15. The van der Waals surface area contributed by atoms with Crippen LogP contribution in [0.15, 0.2) is 30.5 Å². The number of fused-ring (bicyclic) bond motifs is 1. The molecule has 2 aromatic rings. The molecule has 0 spiro atoms. The van der Waals surface area contributed by atoms with Crippen LogP contribution < -0.4 is 5.32 Å². The predicted molar refractivity (Wildman–Crippen MR) is 91.8 cm³/mol. The maximum Gasteiger partial charge on any atom is 0.238 e. The van der Waals surface area contributed by atoms with Crippen LogP contribution in [-0.4, -0.2) is 44.9 Å². The number of hydrogen-bond donors (Lipinski definition) is 2. The molecule has 1 aliphatic heterocycles. The Bertz CT molecular complexity index is 725. The molecule has 2 amide bonds. The Kier molecular flexibility index (Phi) is 4.44. The summed E-state index contributed by atoms with van der Waals surface area (Å²) in [6.07, 6.45) is 2.18. The first-order valence-corrected chi connectivity index (χ1v) is 8.33. The number of carbonyl (C=O) groups is 2. The fourth-order valence-electron chi connectivity index (χ4n) is 2.42. The van der Waals surface area contributed by atoms with E-state index in [1.807, 2.05) is 30.5 Å². The lowest BCUT2D eigenvalue weighted by Gasteiger charge is -2.15. The minimum Gasteiger partial charge on any atom is -0.361 e. The number of thiocarbonyl (C=S) groups is 1.